The lowest BCUT2D eigenvalue weighted by atomic mass is 10.2. The van der Waals surface area contributed by atoms with E-state index in [0.717, 1.165) is 21.2 Å². The second-order valence-corrected chi connectivity index (χ2v) is 6.50. The number of hydrogen-bond acceptors (Lipinski definition) is 1. The molecule has 1 heterocycles. The van der Waals surface area contributed by atoms with Gasteiger partial charge in [-0.3, -0.25) is 4.57 Å². The fourth-order valence-corrected chi connectivity index (χ4v) is 2.84. The van der Waals surface area contributed by atoms with E-state index in [-0.39, 0.29) is 11.2 Å². The molecule has 0 bridgehead atoms. The number of alkyl halides is 1. The molecule has 2 aromatic carbocycles. The van der Waals surface area contributed by atoms with Crippen molar-refractivity contribution in [2.24, 2.45) is 0 Å². The van der Waals surface area contributed by atoms with E-state index in [0.29, 0.717) is 11.3 Å². The van der Waals surface area contributed by atoms with Crippen molar-refractivity contribution in [3.05, 3.63) is 58.1 Å². The van der Waals surface area contributed by atoms with Crippen molar-refractivity contribution in [2.75, 3.05) is 0 Å². The van der Waals surface area contributed by atoms with E-state index in [4.69, 9.17) is 11.6 Å². The number of benzene rings is 2. The summed E-state index contributed by atoms with van der Waals surface area (Å²) in [5.41, 5.74) is 3.54. The van der Waals surface area contributed by atoms with E-state index in [1.54, 1.807) is 6.07 Å². The Balaban J connectivity index is 2.33. The summed E-state index contributed by atoms with van der Waals surface area (Å²) in [7, 11) is 0. The molecule has 0 radical (unpaired) electrons. The Morgan fingerprint density at radius 1 is 1.24 bits per heavy atom. The van der Waals surface area contributed by atoms with Crippen LogP contribution >= 0.6 is 27.5 Å². The second kappa shape index (κ2) is 5.43. The molecule has 0 spiro atoms. The molecule has 1 unspecified atom stereocenters. The summed E-state index contributed by atoms with van der Waals surface area (Å²) >= 11 is 9.79. The maximum atomic E-state index is 13.4. The first-order valence-electron chi connectivity index (χ1n) is 6.56. The number of fused-ring (bicyclic) bond motifs is 1. The van der Waals surface area contributed by atoms with Gasteiger partial charge in [-0.2, -0.15) is 0 Å². The van der Waals surface area contributed by atoms with E-state index in [9.17, 15) is 4.39 Å². The van der Waals surface area contributed by atoms with Gasteiger partial charge in [0.25, 0.3) is 0 Å². The highest BCUT2D eigenvalue weighted by Gasteiger charge is 2.17. The first-order valence-corrected chi connectivity index (χ1v) is 7.79. The van der Waals surface area contributed by atoms with E-state index in [1.165, 1.54) is 12.1 Å². The fourth-order valence-electron chi connectivity index (χ4n) is 2.33. The minimum atomic E-state index is -0.300. The Bertz CT molecular complexity index is 827. The number of aromatic nitrogens is 2. The first-order chi connectivity index (χ1) is 9.97. The van der Waals surface area contributed by atoms with Crippen LogP contribution < -0.4 is 0 Å². The van der Waals surface area contributed by atoms with Gasteiger partial charge in [-0.25, -0.2) is 9.37 Å². The molecule has 108 valence electrons. The maximum absolute atomic E-state index is 13.4. The number of imidazole rings is 1. The predicted molar refractivity (Wildman–Crippen MR) is 87.7 cm³/mol. The molecule has 0 amide bonds. The average Bonchev–Trinajstić information content (AvgIpc) is 2.80. The van der Waals surface area contributed by atoms with E-state index in [1.807, 2.05) is 36.6 Å². The third-order valence-electron chi connectivity index (χ3n) is 3.41. The smallest absolute Gasteiger partial charge is 0.132 e. The summed E-state index contributed by atoms with van der Waals surface area (Å²) in [5.74, 6) is 0.402. The van der Waals surface area contributed by atoms with Gasteiger partial charge in [0.1, 0.15) is 11.6 Å². The highest BCUT2D eigenvalue weighted by atomic mass is 79.9. The Hall–Kier alpha value is -1.39. The number of halogens is 3. The zero-order valence-electron chi connectivity index (χ0n) is 11.6. The lowest BCUT2D eigenvalue weighted by Crippen LogP contribution is -2.02. The molecule has 1 atom stereocenters. The van der Waals surface area contributed by atoms with Gasteiger partial charge >= 0.3 is 0 Å². The molecule has 0 fully saturated rings. The normalized spacial score (nSPS) is 12.8. The Morgan fingerprint density at radius 3 is 2.67 bits per heavy atom. The van der Waals surface area contributed by atoms with Gasteiger partial charge in [0.15, 0.2) is 0 Å². The van der Waals surface area contributed by atoms with E-state index >= 15 is 0 Å². The van der Waals surface area contributed by atoms with Crippen molar-refractivity contribution in [1.82, 2.24) is 9.55 Å². The summed E-state index contributed by atoms with van der Waals surface area (Å²) in [6, 6.07) is 10.6. The van der Waals surface area contributed by atoms with Gasteiger partial charge in [0.05, 0.1) is 16.4 Å². The van der Waals surface area contributed by atoms with Crippen molar-refractivity contribution in [2.45, 2.75) is 19.2 Å². The number of aryl methyl sites for hydroxylation is 1. The first kappa shape index (κ1) is 14.5. The molecule has 0 aliphatic heterocycles. The van der Waals surface area contributed by atoms with Crippen LogP contribution in [0.5, 0.6) is 0 Å². The zero-order valence-corrected chi connectivity index (χ0v) is 13.9. The number of rotatable bonds is 2. The Morgan fingerprint density at radius 2 is 2.00 bits per heavy atom. The summed E-state index contributed by atoms with van der Waals surface area (Å²) < 4.78 is 16.4. The van der Waals surface area contributed by atoms with Crippen LogP contribution in [-0.2, 0) is 0 Å². The minimum absolute atomic E-state index is 0.277. The van der Waals surface area contributed by atoms with Crippen LogP contribution in [0.15, 0.2) is 40.9 Å². The summed E-state index contributed by atoms with van der Waals surface area (Å²) in [4.78, 5) is 4.48. The monoisotopic (exact) mass is 366 g/mol. The highest BCUT2D eigenvalue weighted by Crippen LogP contribution is 2.30. The molecule has 0 saturated heterocycles. The third-order valence-corrected chi connectivity index (χ3v) is 4.46. The molecule has 21 heavy (non-hydrogen) atoms. The van der Waals surface area contributed by atoms with Crippen molar-refractivity contribution >= 4 is 38.6 Å². The molecule has 1 aromatic heterocycles. The minimum Gasteiger partial charge on any atom is -0.295 e. The van der Waals surface area contributed by atoms with Gasteiger partial charge in [-0.1, -0.05) is 22.0 Å². The Labute approximate surface area is 135 Å². The molecule has 3 aromatic rings. The van der Waals surface area contributed by atoms with Crippen molar-refractivity contribution in [3.63, 3.8) is 0 Å². The molecular weight excluding hydrogens is 355 g/mol. The lowest BCUT2D eigenvalue weighted by molar-refractivity contribution is 0.629. The Kier molecular flexibility index (Phi) is 3.76. The molecule has 0 aliphatic carbocycles. The molecule has 2 nitrogen and oxygen atoms in total. The summed E-state index contributed by atoms with van der Waals surface area (Å²) in [6.07, 6.45) is 0. The van der Waals surface area contributed by atoms with Crippen molar-refractivity contribution < 1.29 is 4.39 Å². The van der Waals surface area contributed by atoms with Crippen LogP contribution in [0.1, 0.15) is 23.7 Å². The van der Waals surface area contributed by atoms with Crippen molar-refractivity contribution in [1.29, 1.82) is 0 Å². The molecular formula is C16H13BrClFN2. The maximum Gasteiger partial charge on any atom is 0.132 e. The largest absolute Gasteiger partial charge is 0.295 e. The quantitative estimate of drug-likeness (QED) is 0.544. The lowest BCUT2D eigenvalue weighted by Gasteiger charge is -2.12. The SMILES string of the molecule is Cc1ccc(-n2c(C(C)Cl)nc3cc(F)ccc32)cc1Br. The van der Waals surface area contributed by atoms with E-state index in [2.05, 4.69) is 20.9 Å². The van der Waals surface area contributed by atoms with Gasteiger partial charge in [-0.15, -0.1) is 11.6 Å². The van der Waals surface area contributed by atoms with Crippen molar-refractivity contribution in [3.8, 4) is 5.69 Å². The van der Waals surface area contributed by atoms with Crippen LogP contribution in [0, 0.1) is 12.7 Å². The number of nitrogens with zero attached hydrogens (tertiary/aromatic N) is 2. The van der Waals surface area contributed by atoms with Crippen LogP contribution in [0.4, 0.5) is 4.39 Å². The van der Waals surface area contributed by atoms with Gasteiger partial charge in [0.2, 0.25) is 0 Å². The third kappa shape index (κ3) is 2.58. The molecule has 0 aliphatic rings. The molecule has 0 saturated carbocycles. The topological polar surface area (TPSA) is 17.8 Å². The van der Waals surface area contributed by atoms with Crippen LogP contribution in [-0.4, -0.2) is 9.55 Å². The average molecular weight is 368 g/mol. The van der Waals surface area contributed by atoms with E-state index < -0.39 is 0 Å². The number of hydrogen-bond donors (Lipinski definition) is 0. The fraction of sp³-hybridized carbons (Fsp3) is 0.188. The summed E-state index contributed by atoms with van der Waals surface area (Å²) in [5, 5.41) is -0.277. The highest BCUT2D eigenvalue weighted by molar-refractivity contribution is 9.10. The van der Waals surface area contributed by atoms with Gasteiger partial charge in [-0.05, 0) is 43.7 Å². The zero-order chi connectivity index (χ0) is 15.1. The second-order valence-electron chi connectivity index (χ2n) is 4.99. The van der Waals surface area contributed by atoms with Crippen LogP contribution in [0.2, 0.25) is 0 Å². The molecule has 5 heteroatoms. The van der Waals surface area contributed by atoms with Crippen LogP contribution in [0.3, 0.4) is 0 Å². The van der Waals surface area contributed by atoms with Gasteiger partial charge < -0.3 is 0 Å². The molecule has 3 rings (SSSR count). The molecule has 0 N–H and O–H groups in total. The standard InChI is InChI=1S/C16H13BrClFN2/c1-9-3-5-12(8-13(9)17)21-15-6-4-11(19)7-14(15)20-16(21)10(2)18/h3-8,10H,1-2H3. The predicted octanol–water partition coefficient (Wildman–Crippen LogP) is 5.54. The van der Waals surface area contributed by atoms with Gasteiger partial charge in [0, 0.05) is 16.2 Å². The van der Waals surface area contributed by atoms with Crippen LogP contribution in [0.25, 0.3) is 16.7 Å². The summed E-state index contributed by atoms with van der Waals surface area (Å²) in [6.45, 7) is 3.89.